The highest BCUT2D eigenvalue weighted by Crippen LogP contribution is 2.33. The van der Waals surface area contributed by atoms with Crippen molar-refractivity contribution in [2.75, 3.05) is 45.1 Å². The molecule has 1 aliphatic carbocycles. The van der Waals surface area contributed by atoms with E-state index in [-0.39, 0.29) is 31.9 Å². The summed E-state index contributed by atoms with van der Waals surface area (Å²) in [5.74, 6) is 0.415. The standard InChI is InChI=1S/C30H40F3N5O3/c1-29(2,3)41-28(40)36(4)15-16-38(20-26-24(30(31,32)33)8-6-13-34-26)27(39)17-35-25-9-5-7-22-19-37(14-12-23(22)25)18-21-10-11-21/h5-9,13,21,35H,10-12,14-20H2,1-4H3. The molecule has 1 saturated carbocycles. The summed E-state index contributed by atoms with van der Waals surface area (Å²) in [6, 6.07) is 8.19. The summed E-state index contributed by atoms with van der Waals surface area (Å²) in [5.41, 5.74) is 1.42. The van der Waals surface area contributed by atoms with E-state index >= 15 is 0 Å². The Bertz CT molecular complexity index is 1230. The van der Waals surface area contributed by atoms with Crippen LogP contribution in [-0.2, 0) is 35.2 Å². The number of hydrogen-bond donors (Lipinski definition) is 1. The third kappa shape index (κ3) is 8.82. The van der Waals surface area contributed by atoms with Gasteiger partial charge < -0.3 is 19.9 Å². The number of anilines is 1. The minimum Gasteiger partial charge on any atom is -0.444 e. The first-order chi connectivity index (χ1) is 19.3. The maximum Gasteiger partial charge on any atom is 0.418 e. The highest BCUT2D eigenvalue weighted by molar-refractivity contribution is 5.81. The van der Waals surface area contributed by atoms with Crippen molar-refractivity contribution >= 4 is 17.7 Å². The Morgan fingerprint density at radius 2 is 1.88 bits per heavy atom. The van der Waals surface area contributed by atoms with Crippen LogP contribution in [0.4, 0.5) is 23.7 Å². The fraction of sp³-hybridized carbons (Fsp3) is 0.567. The molecule has 11 heteroatoms. The van der Waals surface area contributed by atoms with E-state index in [0.717, 1.165) is 43.7 Å². The normalized spacial score (nSPS) is 15.7. The zero-order valence-corrected chi connectivity index (χ0v) is 24.3. The number of amides is 2. The average Bonchev–Trinajstić information content (AvgIpc) is 3.72. The van der Waals surface area contributed by atoms with E-state index in [1.54, 1.807) is 20.8 Å². The summed E-state index contributed by atoms with van der Waals surface area (Å²) in [5, 5.41) is 3.24. The molecule has 1 aromatic carbocycles. The van der Waals surface area contributed by atoms with Gasteiger partial charge in [-0.1, -0.05) is 12.1 Å². The first-order valence-corrected chi connectivity index (χ1v) is 14.1. The molecule has 4 rings (SSSR count). The van der Waals surface area contributed by atoms with Crippen LogP contribution >= 0.6 is 0 Å². The van der Waals surface area contributed by atoms with E-state index in [4.69, 9.17) is 4.74 Å². The van der Waals surface area contributed by atoms with E-state index in [0.29, 0.717) is 0 Å². The summed E-state index contributed by atoms with van der Waals surface area (Å²) in [4.78, 5) is 34.9. The number of fused-ring (bicyclic) bond motifs is 1. The molecular weight excluding hydrogens is 535 g/mol. The van der Waals surface area contributed by atoms with Crippen LogP contribution in [0.3, 0.4) is 0 Å². The van der Waals surface area contributed by atoms with Crippen molar-refractivity contribution in [2.24, 2.45) is 5.92 Å². The molecule has 2 aliphatic rings. The number of carbonyl (C=O) groups excluding carboxylic acids is 2. The Hall–Kier alpha value is -3.34. The fourth-order valence-corrected chi connectivity index (χ4v) is 4.93. The molecule has 0 spiro atoms. The summed E-state index contributed by atoms with van der Waals surface area (Å²) in [7, 11) is 1.53. The predicted octanol–water partition coefficient (Wildman–Crippen LogP) is 5.18. The minimum atomic E-state index is -4.61. The summed E-state index contributed by atoms with van der Waals surface area (Å²) in [6.07, 6.45) is -0.433. The molecular formula is C30H40F3N5O3. The fourth-order valence-electron chi connectivity index (χ4n) is 4.93. The second-order valence-electron chi connectivity index (χ2n) is 11.9. The van der Waals surface area contributed by atoms with Crippen LogP contribution < -0.4 is 5.32 Å². The Morgan fingerprint density at radius 1 is 1.12 bits per heavy atom. The second-order valence-corrected chi connectivity index (χ2v) is 11.9. The van der Waals surface area contributed by atoms with Crippen molar-refractivity contribution in [2.45, 2.75) is 64.9 Å². The number of hydrogen-bond acceptors (Lipinski definition) is 6. The molecule has 1 aromatic heterocycles. The molecule has 0 atom stereocenters. The van der Waals surface area contributed by atoms with Gasteiger partial charge in [0.15, 0.2) is 0 Å². The molecule has 0 radical (unpaired) electrons. The topological polar surface area (TPSA) is 78.0 Å². The first kappa shape index (κ1) is 30.6. The zero-order valence-electron chi connectivity index (χ0n) is 24.3. The molecule has 2 aromatic rings. The van der Waals surface area contributed by atoms with Gasteiger partial charge in [0.25, 0.3) is 0 Å². The highest BCUT2D eigenvalue weighted by Gasteiger charge is 2.35. The SMILES string of the molecule is CN(CCN(Cc1ncccc1C(F)(F)F)C(=O)CNc1cccc2c1CCN(CC1CC1)C2)C(=O)OC(C)(C)C. The number of aromatic nitrogens is 1. The molecule has 224 valence electrons. The van der Waals surface area contributed by atoms with Crippen LogP contribution in [0.2, 0.25) is 0 Å². The largest absolute Gasteiger partial charge is 0.444 e. The van der Waals surface area contributed by atoms with Crippen LogP contribution in [0, 0.1) is 5.92 Å². The number of alkyl halides is 3. The van der Waals surface area contributed by atoms with E-state index in [1.165, 1.54) is 53.1 Å². The third-order valence-electron chi connectivity index (χ3n) is 7.29. The van der Waals surface area contributed by atoms with Crippen LogP contribution in [0.1, 0.15) is 56.0 Å². The molecule has 0 bridgehead atoms. The van der Waals surface area contributed by atoms with Gasteiger partial charge in [-0.25, -0.2) is 4.79 Å². The Labute approximate surface area is 239 Å². The highest BCUT2D eigenvalue weighted by atomic mass is 19.4. The van der Waals surface area contributed by atoms with Crippen molar-refractivity contribution in [3.8, 4) is 0 Å². The van der Waals surface area contributed by atoms with Gasteiger partial charge in [-0.3, -0.25) is 14.7 Å². The molecule has 0 saturated heterocycles. The van der Waals surface area contributed by atoms with Gasteiger partial charge in [-0.2, -0.15) is 13.2 Å². The van der Waals surface area contributed by atoms with Crippen molar-refractivity contribution in [1.29, 1.82) is 0 Å². The average molecular weight is 576 g/mol. The lowest BCUT2D eigenvalue weighted by molar-refractivity contribution is -0.140. The van der Waals surface area contributed by atoms with Crippen LogP contribution in [-0.4, -0.2) is 77.1 Å². The number of halogens is 3. The van der Waals surface area contributed by atoms with Crippen molar-refractivity contribution in [3.05, 3.63) is 58.9 Å². The molecule has 1 aliphatic heterocycles. The quantitative estimate of drug-likeness (QED) is 0.421. The van der Waals surface area contributed by atoms with Crippen molar-refractivity contribution < 1.29 is 27.5 Å². The lowest BCUT2D eigenvalue weighted by atomic mass is 9.97. The van der Waals surface area contributed by atoms with Gasteiger partial charge in [-0.15, -0.1) is 0 Å². The Balaban J connectivity index is 1.46. The second kappa shape index (κ2) is 12.7. The van der Waals surface area contributed by atoms with Crippen LogP contribution in [0.5, 0.6) is 0 Å². The number of nitrogens with one attached hydrogen (secondary N) is 1. The van der Waals surface area contributed by atoms with Gasteiger partial charge in [-0.05, 0) is 75.3 Å². The van der Waals surface area contributed by atoms with Crippen molar-refractivity contribution in [1.82, 2.24) is 19.7 Å². The molecule has 41 heavy (non-hydrogen) atoms. The smallest absolute Gasteiger partial charge is 0.418 e. The van der Waals surface area contributed by atoms with Gasteiger partial charge >= 0.3 is 12.3 Å². The van der Waals surface area contributed by atoms with Crippen LogP contribution in [0.25, 0.3) is 0 Å². The van der Waals surface area contributed by atoms with Gasteiger partial charge in [0, 0.05) is 51.7 Å². The zero-order chi connectivity index (χ0) is 29.8. The summed E-state index contributed by atoms with van der Waals surface area (Å²) < 4.78 is 46.4. The number of pyridine rings is 1. The lowest BCUT2D eigenvalue weighted by Crippen LogP contribution is -2.43. The molecule has 8 nitrogen and oxygen atoms in total. The Kier molecular flexibility index (Phi) is 9.46. The monoisotopic (exact) mass is 575 g/mol. The number of rotatable bonds is 10. The Morgan fingerprint density at radius 3 is 2.56 bits per heavy atom. The molecule has 2 heterocycles. The van der Waals surface area contributed by atoms with Crippen molar-refractivity contribution in [3.63, 3.8) is 0 Å². The van der Waals surface area contributed by atoms with Gasteiger partial charge in [0.1, 0.15) is 5.60 Å². The maximum absolute atomic E-state index is 13.7. The maximum atomic E-state index is 13.7. The predicted molar refractivity (Wildman–Crippen MR) is 150 cm³/mol. The number of carbonyl (C=O) groups is 2. The first-order valence-electron chi connectivity index (χ1n) is 14.1. The van der Waals surface area contributed by atoms with E-state index in [1.807, 2.05) is 12.1 Å². The lowest BCUT2D eigenvalue weighted by Gasteiger charge is -2.31. The van der Waals surface area contributed by atoms with Gasteiger partial charge in [0.2, 0.25) is 5.91 Å². The molecule has 2 amide bonds. The van der Waals surface area contributed by atoms with E-state index in [9.17, 15) is 22.8 Å². The van der Waals surface area contributed by atoms with E-state index < -0.39 is 29.3 Å². The number of nitrogens with zero attached hydrogens (tertiary/aromatic N) is 4. The summed E-state index contributed by atoms with van der Waals surface area (Å²) in [6.45, 7) is 7.81. The third-order valence-corrected chi connectivity index (χ3v) is 7.29. The van der Waals surface area contributed by atoms with Crippen LogP contribution in [0.15, 0.2) is 36.5 Å². The number of benzene rings is 1. The van der Waals surface area contributed by atoms with E-state index in [2.05, 4.69) is 21.3 Å². The van der Waals surface area contributed by atoms with Gasteiger partial charge in [0.05, 0.1) is 24.3 Å². The molecule has 1 fully saturated rings. The molecule has 1 N–H and O–H groups in total. The number of ether oxygens (including phenoxy) is 1. The molecule has 0 unspecified atom stereocenters. The number of likely N-dealkylation sites (N-methyl/N-ethyl adjacent to an activating group) is 1. The minimum absolute atomic E-state index is 0.00709. The summed E-state index contributed by atoms with van der Waals surface area (Å²) >= 11 is 0.